The molecule has 8 nitrogen and oxygen atoms in total. The summed E-state index contributed by atoms with van der Waals surface area (Å²) >= 11 is 13.0. The minimum atomic E-state index is -0.563. The number of benzene rings is 3. The number of nitro benzene ring substituents is 1. The first-order valence-electron chi connectivity index (χ1n) is 11.3. The molecule has 0 unspecified atom stereocenters. The molecule has 1 heterocycles. The summed E-state index contributed by atoms with van der Waals surface area (Å²) in [6.07, 6.45) is 2.07. The Kier molecular flexibility index (Phi) is 8.41. The minimum Gasteiger partial charge on any atom is -0.481 e. The van der Waals surface area contributed by atoms with Crippen molar-refractivity contribution in [1.82, 2.24) is 9.66 Å². The van der Waals surface area contributed by atoms with Crippen molar-refractivity contribution < 1.29 is 9.66 Å². The van der Waals surface area contributed by atoms with Gasteiger partial charge in [-0.15, -0.1) is 0 Å². The number of hydrogen-bond acceptors (Lipinski definition) is 6. The van der Waals surface area contributed by atoms with Crippen LogP contribution in [0, 0.1) is 10.1 Å². The lowest BCUT2D eigenvalue weighted by molar-refractivity contribution is -0.385. The predicted octanol–water partition coefficient (Wildman–Crippen LogP) is 7.46. The summed E-state index contributed by atoms with van der Waals surface area (Å²) in [5.41, 5.74) is 0.974. The molecule has 0 saturated heterocycles. The fourth-order valence-corrected chi connectivity index (χ4v) is 4.47. The Balaban J connectivity index is 1.83. The van der Waals surface area contributed by atoms with Crippen molar-refractivity contribution >= 4 is 66.3 Å². The Morgan fingerprint density at radius 3 is 2.54 bits per heavy atom. The smallest absolute Gasteiger partial charge is 0.313 e. The Labute approximate surface area is 234 Å². The monoisotopic (exact) mass is 646 g/mol. The number of aromatic nitrogens is 2. The van der Waals surface area contributed by atoms with Gasteiger partial charge in [-0.3, -0.25) is 14.9 Å². The first-order chi connectivity index (χ1) is 17.7. The summed E-state index contributed by atoms with van der Waals surface area (Å²) in [6.45, 7) is 4.03. The first-order valence-corrected chi connectivity index (χ1v) is 13.3. The molecule has 0 N–H and O–H groups in total. The summed E-state index contributed by atoms with van der Waals surface area (Å²) < 4.78 is 8.77. The summed E-state index contributed by atoms with van der Waals surface area (Å²) in [7, 11) is 0. The number of fused-ring (bicyclic) bond motifs is 1. The number of ether oxygens (including phenoxy) is 1. The molecule has 0 spiro atoms. The van der Waals surface area contributed by atoms with Crippen LogP contribution in [0.25, 0.3) is 10.9 Å². The van der Waals surface area contributed by atoms with Crippen molar-refractivity contribution in [3.05, 3.63) is 106 Å². The highest BCUT2D eigenvalue weighted by molar-refractivity contribution is 9.10. The molecule has 11 heteroatoms. The Morgan fingerprint density at radius 1 is 1.16 bits per heavy atom. The van der Waals surface area contributed by atoms with Crippen molar-refractivity contribution in [3.63, 3.8) is 0 Å². The number of nitrogens with zero attached hydrogens (tertiary/aromatic N) is 4. The van der Waals surface area contributed by atoms with Gasteiger partial charge in [-0.1, -0.05) is 69.4 Å². The molecule has 4 aromatic rings. The van der Waals surface area contributed by atoms with E-state index in [0.717, 1.165) is 20.9 Å². The van der Waals surface area contributed by atoms with Crippen molar-refractivity contribution in [2.24, 2.45) is 5.10 Å². The molecule has 1 aromatic heterocycles. The maximum atomic E-state index is 13.4. The average Bonchev–Trinajstić information content (AvgIpc) is 2.87. The lowest BCUT2D eigenvalue weighted by Gasteiger charge is -2.14. The summed E-state index contributed by atoms with van der Waals surface area (Å²) in [4.78, 5) is 29.4. The zero-order chi connectivity index (χ0) is 26.7. The second-order valence-corrected chi connectivity index (χ2v) is 10.6. The van der Waals surface area contributed by atoms with E-state index in [-0.39, 0.29) is 40.1 Å². The molecule has 1 atom stereocenters. The van der Waals surface area contributed by atoms with Gasteiger partial charge >= 0.3 is 5.69 Å². The van der Waals surface area contributed by atoms with Gasteiger partial charge < -0.3 is 4.74 Å². The van der Waals surface area contributed by atoms with E-state index in [9.17, 15) is 14.9 Å². The molecule has 0 aliphatic carbocycles. The van der Waals surface area contributed by atoms with E-state index in [1.54, 1.807) is 12.1 Å². The SMILES string of the molecule is CC[C@H](C)c1nc2ccc(Br)cc2c(=O)n1N=Cc1cc(Cl)cc([N+](=O)[O-])c1OCc1ccc(Br)cc1. The normalized spacial score (nSPS) is 12.2. The Bertz CT molecular complexity index is 1570. The molecule has 0 radical (unpaired) electrons. The highest BCUT2D eigenvalue weighted by Gasteiger charge is 2.22. The quantitative estimate of drug-likeness (QED) is 0.112. The van der Waals surface area contributed by atoms with Crippen LogP contribution in [0.3, 0.4) is 0 Å². The van der Waals surface area contributed by atoms with Crippen LogP contribution in [0.15, 0.2) is 73.4 Å². The molecule has 37 heavy (non-hydrogen) atoms. The lowest BCUT2D eigenvalue weighted by atomic mass is 10.1. The van der Waals surface area contributed by atoms with Crippen molar-refractivity contribution in [2.45, 2.75) is 32.8 Å². The van der Waals surface area contributed by atoms with Gasteiger partial charge in [-0.2, -0.15) is 9.78 Å². The number of nitro groups is 1. The number of hydrogen-bond donors (Lipinski definition) is 0. The van der Waals surface area contributed by atoms with Crippen LogP contribution in [-0.2, 0) is 6.61 Å². The molecule has 0 aliphatic heterocycles. The van der Waals surface area contributed by atoms with Gasteiger partial charge in [-0.25, -0.2) is 4.98 Å². The maximum Gasteiger partial charge on any atom is 0.313 e. The van der Waals surface area contributed by atoms with Crippen molar-refractivity contribution in [1.29, 1.82) is 0 Å². The lowest BCUT2D eigenvalue weighted by Crippen LogP contribution is -2.23. The highest BCUT2D eigenvalue weighted by atomic mass is 79.9. The van der Waals surface area contributed by atoms with E-state index in [2.05, 4.69) is 41.9 Å². The third-order valence-corrected chi connectivity index (χ3v) is 6.99. The molecular weight excluding hydrogens is 628 g/mol. The summed E-state index contributed by atoms with van der Waals surface area (Å²) in [5.74, 6) is 0.405. The van der Waals surface area contributed by atoms with E-state index in [4.69, 9.17) is 16.3 Å². The molecule has 3 aromatic carbocycles. The zero-order valence-corrected chi connectivity index (χ0v) is 23.7. The van der Waals surface area contributed by atoms with E-state index in [1.807, 2.05) is 44.2 Å². The second-order valence-electron chi connectivity index (χ2n) is 8.32. The topological polar surface area (TPSA) is 99.6 Å². The van der Waals surface area contributed by atoms with Crippen LogP contribution < -0.4 is 10.3 Å². The number of halogens is 3. The van der Waals surface area contributed by atoms with Crippen LogP contribution in [0.2, 0.25) is 5.02 Å². The van der Waals surface area contributed by atoms with Crippen LogP contribution in [0.1, 0.15) is 43.1 Å². The minimum absolute atomic E-state index is 0.00398. The summed E-state index contributed by atoms with van der Waals surface area (Å²) in [5, 5.41) is 16.8. The predicted molar refractivity (Wildman–Crippen MR) is 152 cm³/mol. The molecule has 0 aliphatic rings. The van der Waals surface area contributed by atoms with Crippen LogP contribution >= 0.6 is 43.5 Å². The first kappa shape index (κ1) is 27.0. The molecule has 0 bridgehead atoms. The van der Waals surface area contributed by atoms with Crippen molar-refractivity contribution in [2.75, 3.05) is 0 Å². The molecule has 4 rings (SSSR count). The fraction of sp³-hybridized carbons (Fsp3) is 0.192. The van der Waals surface area contributed by atoms with E-state index >= 15 is 0 Å². The van der Waals surface area contributed by atoms with E-state index in [0.29, 0.717) is 16.7 Å². The van der Waals surface area contributed by atoms with Gasteiger partial charge in [0.05, 0.1) is 22.0 Å². The van der Waals surface area contributed by atoms with Crippen LogP contribution in [0.5, 0.6) is 5.75 Å². The largest absolute Gasteiger partial charge is 0.481 e. The van der Waals surface area contributed by atoms with E-state index in [1.165, 1.54) is 23.0 Å². The third-order valence-electron chi connectivity index (χ3n) is 5.75. The van der Waals surface area contributed by atoms with Crippen LogP contribution in [0.4, 0.5) is 5.69 Å². The molecule has 0 amide bonds. The van der Waals surface area contributed by atoms with Crippen molar-refractivity contribution in [3.8, 4) is 5.75 Å². The summed E-state index contributed by atoms with van der Waals surface area (Å²) in [6, 6.07) is 15.4. The van der Waals surface area contributed by atoms with Gasteiger partial charge in [0.2, 0.25) is 5.75 Å². The Hall–Kier alpha value is -3.08. The molecule has 0 saturated carbocycles. The van der Waals surface area contributed by atoms with Crippen LogP contribution in [-0.4, -0.2) is 20.8 Å². The highest BCUT2D eigenvalue weighted by Crippen LogP contribution is 2.34. The Morgan fingerprint density at radius 2 is 1.86 bits per heavy atom. The van der Waals surface area contributed by atoms with Gasteiger partial charge in [0.15, 0.2) is 0 Å². The fourth-order valence-electron chi connectivity index (χ4n) is 3.62. The van der Waals surface area contributed by atoms with Gasteiger partial charge in [0.1, 0.15) is 12.4 Å². The zero-order valence-electron chi connectivity index (χ0n) is 19.8. The van der Waals surface area contributed by atoms with Gasteiger partial charge in [-0.05, 0) is 48.4 Å². The van der Waals surface area contributed by atoms with Gasteiger partial charge in [0.25, 0.3) is 5.56 Å². The third kappa shape index (κ3) is 6.08. The molecule has 0 fully saturated rings. The van der Waals surface area contributed by atoms with Gasteiger partial charge in [0, 0.05) is 31.5 Å². The maximum absolute atomic E-state index is 13.4. The van der Waals surface area contributed by atoms with E-state index < -0.39 is 4.92 Å². The standard InChI is InChI=1S/C26H21Br2ClN4O4/c1-3-15(2)25-31-22-9-8-19(28)11-21(22)26(34)32(25)30-13-17-10-20(29)12-23(33(35)36)24(17)37-14-16-4-6-18(27)7-5-16/h4-13,15H,3,14H2,1-2H3/t15-/m0/s1. The molecule has 190 valence electrons. The average molecular weight is 649 g/mol. The second kappa shape index (κ2) is 11.5. The molecular formula is C26H21Br2ClN4O4. The number of rotatable bonds is 8.